The normalized spacial score (nSPS) is 29.9. The minimum atomic E-state index is -3.28. The van der Waals surface area contributed by atoms with Crippen molar-refractivity contribution in [3.05, 3.63) is 0 Å². The third kappa shape index (κ3) is 4.07. The van der Waals surface area contributed by atoms with Gasteiger partial charge in [-0.2, -0.15) is 17.0 Å². The summed E-state index contributed by atoms with van der Waals surface area (Å²) in [7, 11) is -3.28. The van der Waals surface area contributed by atoms with E-state index in [9.17, 15) is 8.42 Å². The molecule has 0 saturated carbocycles. The van der Waals surface area contributed by atoms with Crippen molar-refractivity contribution >= 4 is 22.6 Å². The first-order valence-corrected chi connectivity index (χ1v) is 8.92. The molecule has 0 aromatic heterocycles. The maximum atomic E-state index is 12.8. The molecule has 0 aliphatic carbocycles. The zero-order chi connectivity index (χ0) is 13.9. The Hall–Kier alpha value is 0.120. The van der Waals surface area contributed by atoms with Crippen LogP contribution in [0.2, 0.25) is 0 Å². The fraction of sp³-hybridized carbons (Fsp3) is 1.00. The summed E-state index contributed by atoms with van der Waals surface area (Å²) in [5, 5.41) is 0. The quantitative estimate of drug-likeness (QED) is 0.853. The zero-order valence-electron chi connectivity index (χ0n) is 12.3. The van der Waals surface area contributed by atoms with Crippen LogP contribution < -0.4 is 5.73 Å². The lowest BCUT2D eigenvalue weighted by Gasteiger charge is -2.40. The summed E-state index contributed by atoms with van der Waals surface area (Å²) >= 11 is 0. The van der Waals surface area contributed by atoms with E-state index < -0.39 is 10.2 Å². The molecule has 2 saturated heterocycles. The number of halogens is 1. The molecule has 2 rings (SSSR count). The van der Waals surface area contributed by atoms with Gasteiger partial charge in [-0.25, -0.2) is 0 Å². The first-order chi connectivity index (χ1) is 9.05. The molecule has 2 unspecified atom stereocenters. The van der Waals surface area contributed by atoms with E-state index >= 15 is 0 Å². The maximum Gasteiger partial charge on any atom is 0.282 e. The average Bonchev–Trinajstić information content (AvgIpc) is 2.39. The van der Waals surface area contributed by atoms with Gasteiger partial charge in [0.25, 0.3) is 10.2 Å². The molecule has 0 amide bonds. The van der Waals surface area contributed by atoms with Gasteiger partial charge in [0.15, 0.2) is 0 Å². The van der Waals surface area contributed by atoms with Gasteiger partial charge in [0.1, 0.15) is 0 Å². The molecule has 0 aromatic rings. The number of nitrogens with two attached hydrogens (primary N) is 1. The van der Waals surface area contributed by atoms with Crippen LogP contribution in [0.4, 0.5) is 0 Å². The second kappa shape index (κ2) is 7.94. The Morgan fingerprint density at radius 1 is 1.15 bits per heavy atom. The Morgan fingerprint density at radius 3 is 2.55 bits per heavy atom. The summed E-state index contributed by atoms with van der Waals surface area (Å²) in [4.78, 5) is 0. The van der Waals surface area contributed by atoms with Gasteiger partial charge in [-0.1, -0.05) is 13.3 Å². The summed E-state index contributed by atoms with van der Waals surface area (Å²) in [6.45, 7) is 4.72. The van der Waals surface area contributed by atoms with Crippen molar-refractivity contribution in [2.75, 3.05) is 26.2 Å². The fourth-order valence-electron chi connectivity index (χ4n) is 3.26. The molecule has 7 heteroatoms. The molecular weight excluding hydrogens is 298 g/mol. The first-order valence-electron chi connectivity index (χ1n) is 7.52. The van der Waals surface area contributed by atoms with Crippen molar-refractivity contribution in [3.8, 4) is 0 Å². The van der Waals surface area contributed by atoms with Crippen molar-refractivity contribution in [2.24, 2.45) is 11.7 Å². The minimum Gasteiger partial charge on any atom is -0.330 e. The third-order valence-corrected chi connectivity index (χ3v) is 6.37. The number of hydrogen-bond donors (Lipinski definition) is 1. The van der Waals surface area contributed by atoms with Gasteiger partial charge in [0.2, 0.25) is 0 Å². The lowest BCUT2D eigenvalue weighted by atomic mass is 10.0. The van der Waals surface area contributed by atoms with E-state index in [0.717, 1.165) is 38.5 Å². The maximum absolute atomic E-state index is 12.8. The molecule has 0 aromatic carbocycles. The van der Waals surface area contributed by atoms with Gasteiger partial charge in [-0.15, -0.1) is 12.4 Å². The molecule has 2 aliphatic rings. The van der Waals surface area contributed by atoms with Crippen molar-refractivity contribution in [1.29, 1.82) is 0 Å². The summed E-state index contributed by atoms with van der Waals surface area (Å²) in [6.07, 6.45) is 5.95. The number of rotatable bonds is 4. The monoisotopic (exact) mass is 325 g/mol. The van der Waals surface area contributed by atoms with Crippen LogP contribution in [0, 0.1) is 5.92 Å². The molecule has 5 nitrogen and oxygen atoms in total. The van der Waals surface area contributed by atoms with Crippen LogP contribution in [-0.2, 0) is 10.2 Å². The third-order valence-electron chi connectivity index (χ3n) is 4.32. The van der Waals surface area contributed by atoms with E-state index in [-0.39, 0.29) is 18.4 Å². The van der Waals surface area contributed by atoms with E-state index in [2.05, 4.69) is 6.92 Å². The van der Waals surface area contributed by atoms with Crippen LogP contribution in [0.3, 0.4) is 0 Å². The van der Waals surface area contributed by atoms with E-state index in [4.69, 9.17) is 5.73 Å². The molecule has 0 spiro atoms. The van der Waals surface area contributed by atoms with Crippen molar-refractivity contribution in [1.82, 2.24) is 8.61 Å². The predicted molar refractivity (Wildman–Crippen MR) is 84.2 cm³/mol. The highest BCUT2D eigenvalue weighted by Crippen LogP contribution is 2.27. The summed E-state index contributed by atoms with van der Waals surface area (Å²) in [6, 6.07) is 0.112. The van der Waals surface area contributed by atoms with Gasteiger partial charge in [0.05, 0.1) is 0 Å². The van der Waals surface area contributed by atoms with Gasteiger partial charge < -0.3 is 5.73 Å². The Morgan fingerprint density at radius 2 is 1.90 bits per heavy atom. The molecule has 2 N–H and O–H groups in total. The summed E-state index contributed by atoms with van der Waals surface area (Å²) in [5.41, 5.74) is 5.63. The summed E-state index contributed by atoms with van der Waals surface area (Å²) < 4.78 is 29.0. The highest BCUT2D eigenvalue weighted by Gasteiger charge is 2.37. The molecule has 2 aliphatic heterocycles. The van der Waals surface area contributed by atoms with Crippen molar-refractivity contribution in [3.63, 3.8) is 0 Å². The van der Waals surface area contributed by atoms with E-state index in [1.807, 2.05) is 0 Å². The molecule has 120 valence electrons. The standard InChI is InChI=1S/C13H27N3O2S.ClH/c1-12-5-4-9-15(11-12)19(17,18)16-10-3-2-6-13(16)7-8-14;/h12-13H,2-11,14H2,1H3;1H. The largest absolute Gasteiger partial charge is 0.330 e. The molecule has 20 heavy (non-hydrogen) atoms. The SMILES string of the molecule is CC1CCCN(S(=O)(=O)N2CCCCC2CCN)C1.Cl. The second-order valence-corrected chi connectivity index (χ2v) is 7.83. The van der Waals surface area contributed by atoms with Gasteiger partial charge in [-0.3, -0.25) is 0 Å². The average molecular weight is 326 g/mol. The van der Waals surface area contributed by atoms with Crippen LogP contribution >= 0.6 is 12.4 Å². The molecule has 0 bridgehead atoms. The Bertz CT molecular complexity index is 389. The highest BCUT2D eigenvalue weighted by atomic mass is 35.5. The van der Waals surface area contributed by atoms with E-state index in [1.54, 1.807) is 8.61 Å². The Labute approximate surface area is 129 Å². The van der Waals surface area contributed by atoms with Gasteiger partial charge >= 0.3 is 0 Å². The molecular formula is C13H28ClN3O2S. The number of piperidine rings is 2. The Kier molecular flexibility index (Phi) is 7.21. The predicted octanol–water partition coefficient (Wildman–Crippen LogP) is 1.59. The second-order valence-electron chi connectivity index (χ2n) is 5.95. The lowest BCUT2D eigenvalue weighted by Crippen LogP contribution is -2.53. The van der Waals surface area contributed by atoms with Crippen LogP contribution in [-0.4, -0.2) is 49.2 Å². The zero-order valence-corrected chi connectivity index (χ0v) is 14.0. The molecule has 2 atom stereocenters. The summed E-state index contributed by atoms with van der Waals surface area (Å²) in [5.74, 6) is 0.473. The van der Waals surface area contributed by atoms with Crippen molar-refractivity contribution in [2.45, 2.75) is 51.5 Å². The molecule has 2 fully saturated rings. The topological polar surface area (TPSA) is 66.6 Å². The van der Waals surface area contributed by atoms with Crippen LogP contribution in [0.1, 0.15) is 45.4 Å². The molecule has 0 radical (unpaired) electrons. The fourth-order valence-corrected chi connectivity index (χ4v) is 5.31. The van der Waals surface area contributed by atoms with Crippen LogP contribution in [0.5, 0.6) is 0 Å². The molecule has 2 heterocycles. The van der Waals surface area contributed by atoms with Crippen molar-refractivity contribution < 1.29 is 8.42 Å². The smallest absolute Gasteiger partial charge is 0.282 e. The first kappa shape index (κ1) is 18.2. The van der Waals surface area contributed by atoms with E-state index in [0.29, 0.717) is 32.1 Å². The van der Waals surface area contributed by atoms with Crippen LogP contribution in [0.25, 0.3) is 0 Å². The highest BCUT2D eigenvalue weighted by molar-refractivity contribution is 7.86. The number of nitrogens with zero attached hydrogens (tertiary/aromatic N) is 2. The van der Waals surface area contributed by atoms with Gasteiger partial charge in [-0.05, 0) is 44.6 Å². The van der Waals surface area contributed by atoms with Gasteiger partial charge in [0, 0.05) is 25.7 Å². The van der Waals surface area contributed by atoms with Crippen LogP contribution in [0.15, 0.2) is 0 Å². The Balaban J connectivity index is 0.00000200. The lowest BCUT2D eigenvalue weighted by molar-refractivity contribution is 0.205. The van der Waals surface area contributed by atoms with E-state index in [1.165, 1.54) is 0 Å². The minimum absolute atomic E-state index is 0. The number of hydrogen-bond acceptors (Lipinski definition) is 3.